The zero-order chi connectivity index (χ0) is 13.3. The second-order valence-corrected chi connectivity index (χ2v) is 5.37. The lowest BCUT2D eigenvalue weighted by molar-refractivity contribution is -0.137. The van der Waals surface area contributed by atoms with Crippen molar-refractivity contribution in [3.63, 3.8) is 0 Å². The van der Waals surface area contributed by atoms with Crippen molar-refractivity contribution >= 4 is 17.3 Å². The summed E-state index contributed by atoms with van der Waals surface area (Å²) in [6.45, 7) is 0. The number of aromatic nitrogens is 1. The number of nitrogens with zero attached hydrogens (tertiary/aromatic N) is 1. The molecular weight excluding hydrogens is 267 g/mol. The molecule has 1 aromatic rings. The monoisotopic (exact) mass is 279 g/mol. The molecule has 18 heavy (non-hydrogen) atoms. The Balaban J connectivity index is 2.38. The maximum Gasteiger partial charge on any atom is 0.443 e. The van der Waals surface area contributed by atoms with E-state index >= 15 is 0 Å². The normalized spacial score (nSPS) is 17.9. The van der Waals surface area contributed by atoms with E-state index in [-0.39, 0.29) is 27.8 Å². The van der Waals surface area contributed by atoms with Crippen LogP contribution in [0.4, 0.5) is 13.2 Å². The average molecular weight is 279 g/mol. The van der Waals surface area contributed by atoms with Crippen LogP contribution >= 0.6 is 11.3 Å². The number of halogens is 3. The topological polar surface area (TPSA) is 50.2 Å². The van der Waals surface area contributed by atoms with Gasteiger partial charge in [0, 0.05) is 5.92 Å². The minimum absolute atomic E-state index is 0.125. The predicted octanol–water partition coefficient (Wildman–Crippen LogP) is 3.91. The Kier molecular flexibility index (Phi) is 3.61. The fraction of sp³-hybridized carbons (Fsp3) is 0.636. The summed E-state index contributed by atoms with van der Waals surface area (Å²) in [6, 6.07) is 0. The Morgan fingerprint density at radius 1 is 1.28 bits per heavy atom. The van der Waals surface area contributed by atoms with E-state index in [2.05, 4.69) is 4.98 Å². The molecule has 0 saturated heterocycles. The molecule has 1 aliphatic rings. The molecule has 0 bridgehead atoms. The third-order valence-corrected chi connectivity index (χ3v) is 4.19. The summed E-state index contributed by atoms with van der Waals surface area (Å²) in [7, 11) is 0. The molecule has 2 rings (SSSR count). The summed E-state index contributed by atoms with van der Waals surface area (Å²) in [5.74, 6) is -1.46. The molecule has 1 fully saturated rings. The van der Waals surface area contributed by atoms with E-state index in [9.17, 15) is 18.0 Å². The van der Waals surface area contributed by atoms with Crippen LogP contribution in [0, 0.1) is 0 Å². The molecule has 0 radical (unpaired) electrons. The zero-order valence-corrected chi connectivity index (χ0v) is 10.3. The zero-order valence-electron chi connectivity index (χ0n) is 9.46. The van der Waals surface area contributed by atoms with Crippen molar-refractivity contribution in [2.45, 2.75) is 44.2 Å². The van der Waals surface area contributed by atoms with Crippen molar-refractivity contribution < 1.29 is 23.1 Å². The number of alkyl halides is 3. The fourth-order valence-corrected chi connectivity index (χ4v) is 3.12. The first-order chi connectivity index (χ1) is 8.39. The van der Waals surface area contributed by atoms with Crippen molar-refractivity contribution in [1.29, 1.82) is 0 Å². The number of carbonyl (C=O) groups is 1. The highest BCUT2D eigenvalue weighted by atomic mass is 32.1. The van der Waals surface area contributed by atoms with Gasteiger partial charge in [0.15, 0.2) is 5.01 Å². The third-order valence-electron chi connectivity index (χ3n) is 3.08. The van der Waals surface area contributed by atoms with Gasteiger partial charge < -0.3 is 5.11 Å². The van der Waals surface area contributed by atoms with Crippen LogP contribution in [0.1, 0.15) is 58.4 Å². The number of hydrogen-bond acceptors (Lipinski definition) is 3. The summed E-state index contributed by atoms with van der Waals surface area (Å²) < 4.78 is 37.7. The molecular formula is C11H12F3NO2S. The number of carboxylic acids is 1. The summed E-state index contributed by atoms with van der Waals surface area (Å²) >= 11 is 0.233. The second-order valence-electron chi connectivity index (χ2n) is 4.37. The van der Waals surface area contributed by atoms with Crippen LogP contribution in [0.3, 0.4) is 0 Å². The van der Waals surface area contributed by atoms with Crippen LogP contribution < -0.4 is 0 Å². The van der Waals surface area contributed by atoms with Gasteiger partial charge >= 0.3 is 12.1 Å². The minimum Gasteiger partial charge on any atom is -0.477 e. The van der Waals surface area contributed by atoms with Crippen molar-refractivity contribution in [2.24, 2.45) is 0 Å². The van der Waals surface area contributed by atoms with E-state index in [1.807, 2.05) is 0 Å². The lowest BCUT2D eigenvalue weighted by Crippen LogP contribution is -2.10. The van der Waals surface area contributed by atoms with Crippen molar-refractivity contribution in [3.05, 3.63) is 15.6 Å². The highest BCUT2D eigenvalue weighted by Crippen LogP contribution is 2.40. The third kappa shape index (κ3) is 2.66. The minimum atomic E-state index is -4.57. The van der Waals surface area contributed by atoms with Crippen LogP contribution in [0.5, 0.6) is 0 Å². The fourth-order valence-electron chi connectivity index (χ4n) is 2.26. The molecule has 0 amide bonds. The number of carboxylic acid groups (broad SMARTS) is 1. The van der Waals surface area contributed by atoms with Gasteiger partial charge in [-0.3, -0.25) is 0 Å². The van der Waals surface area contributed by atoms with Crippen LogP contribution in [-0.2, 0) is 6.18 Å². The van der Waals surface area contributed by atoms with E-state index in [4.69, 9.17) is 5.11 Å². The largest absolute Gasteiger partial charge is 0.477 e. The van der Waals surface area contributed by atoms with Gasteiger partial charge in [-0.05, 0) is 12.8 Å². The Hall–Kier alpha value is -1.11. The molecule has 0 aliphatic heterocycles. The quantitative estimate of drug-likeness (QED) is 0.893. The van der Waals surface area contributed by atoms with E-state index in [0.29, 0.717) is 0 Å². The molecule has 0 unspecified atom stereocenters. The van der Waals surface area contributed by atoms with E-state index in [1.54, 1.807) is 0 Å². The van der Waals surface area contributed by atoms with Gasteiger partial charge in [-0.15, -0.1) is 11.3 Å². The van der Waals surface area contributed by atoms with Crippen molar-refractivity contribution in [1.82, 2.24) is 4.98 Å². The standard InChI is InChI=1S/C11H12F3NO2S/c12-11(13,14)10-15-7(8(18-10)9(16)17)6-4-2-1-3-5-6/h6H,1-5H2,(H,16,17). The maximum atomic E-state index is 12.6. The second kappa shape index (κ2) is 4.87. The molecule has 0 aromatic carbocycles. The number of rotatable bonds is 2. The molecule has 1 saturated carbocycles. The SMILES string of the molecule is O=C(O)c1sc(C(F)(F)F)nc1C1CCCCC1. The summed E-state index contributed by atoms with van der Waals surface area (Å²) in [5.41, 5.74) is 0.125. The molecule has 1 N–H and O–H groups in total. The summed E-state index contributed by atoms with van der Waals surface area (Å²) in [6.07, 6.45) is -0.231. The summed E-state index contributed by atoms with van der Waals surface area (Å²) in [4.78, 5) is 14.3. The predicted molar refractivity (Wildman–Crippen MR) is 59.9 cm³/mol. The molecule has 7 heteroatoms. The van der Waals surface area contributed by atoms with Gasteiger partial charge in [-0.25, -0.2) is 9.78 Å². The summed E-state index contributed by atoms with van der Waals surface area (Å²) in [5, 5.41) is 7.92. The van der Waals surface area contributed by atoms with Crippen LogP contribution in [0.25, 0.3) is 0 Å². The maximum absolute atomic E-state index is 12.6. The first-order valence-corrected chi connectivity index (χ1v) is 6.52. The van der Waals surface area contributed by atoms with E-state index < -0.39 is 17.2 Å². The van der Waals surface area contributed by atoms with Gasteiger partial charge in [0.1, 0.15) is 4.88 Å². The Labute approximate surface area is 106 Å². The molecule has 0 atom stereocenters. The first-order valence-electron chi connectivity index (χ1n) is 5.71. The molecule has 1 aromatic heterocycles. The van der Waals surface area contributed by atoms with E-state index in [0.717, 1.165) is 32.1 Å². The van der Waals surface area contributed by atoms with Crippen molar-refractivity contribution in [2.75, 3.05) is 0 Å². The lowest BCUT2D eigenvalue weighted by atomic mass is 9.86. The van der Waals surface area contributed by atoms with Gasteiger partial charge in [0.25, 0.3) is 0 Å². The Morgan fingerprint density at radius 2 is 1.89 bits per heavy atom. The molecule has 100 valence electrons. The van der Waals surface area contributed by atoms with Gasteiger partial charge in [-0.2, -0.15) is 13.2 Å². The lowest BCUT2D eigenvalue weighted by Gasteiger charge is -2.20. The smallest absolute Gasteiger partial charge is 0.443 e. The highest BCUT2D eigenvalue weighted by Gasteiger charge is 2.38. The first kappa shape index (κ1) is 13.3. The molecule has 1 heterocycles. The average Bonchev–Trinajstić information content (AvgIpc) is 2.74. The van der Waals surface area contributed by atoms with Gasteiger partial charge in [-0.1, -0.05) is 19.3 Å². The number of aromatic carboxylic acids is 1. The molecule has 0 spiro atoms. The van der Waals surface area contributed by atoms with Crippen LogP contribution in [0.2, 0.25) is 0 Å². The number of thiazole rings is 1. The van der Waals surface area contributed by atoms with Crippen LogP contribution in [-0.4, -0.2) is 16.1 Å². The molecule has 3 nitrogen and oxygen atoms in total. The van der Waals surface area contributed by atoms with E-state index in [1.165, 1.54) is 0 Å². The Morgan fingerprint density at radius 3 is 2.39 bits per heavy atom. The van der Waals surface area contributed by atoms with Crippen molar-refractivity contribution in [3.8, 4) is 0 Å². The molecule has 1 aliphatic carbocycles. The highest BCUT2D eigenvalue weighted by molar-refractivity contribution is 7.13. The Bertz CT molecular complexity index is 450. The van der Waals surface area contributed by atoms with Crippen LogP contribution in [0.15, 0.2) is 0 Å². The van der Waals surface area contributed by atoms with Gasteiger partial charge in [0.2, 0.25) is 0 Å². The van der Waals surface area contributed by atoms with Gasteiger partial charge in [0.05, 0.1) is 5.69 Å². The number of hydrogen-bond donors (Lipinski definition) is 1.